The summed E-state index contributed by atoms with van der Waals surface area (Å²) in [6.45, 7) is 0. The maximum Gasteiger partial charge on any atom is 0.223 e. The highest BCUT2D eigenvalue weighted by atomic mass is 16.5. The Hall–Kier alpha value is -2.02. The molecule has 1 amide bonds. The zero-order valence-electron chi connectivity index (χ0n) is 13.9. The second kappa shape index (κ2) is 6.47. The Bertz CT molecular complexity index is 648. The van der Waals surface area contributed by atoms with Gasteiger partial charge in [0.1, 0.15) is 11.8 Å². The standard InChI is InChI=1S/C20H24N2O2/c21-12-13-4-1-2-7-18(13)24-15-10-8-14(9-11-15)22-20(23)19-16-5-3-6-17(16)19/h1-2,4,7,14-17,19H,3,5-6,8-11H2,(H,22,23)/t14?,15?,16-,17-/m0/s1. The van der Waals surface area contributed by atoms with Crippen molar-refractivity contribution in [2.75, 3.05) is 0 Å². The predicted molar refractivity (Wildman–Crippen MR) is 90.3 cm³/mol. The highest BCUT2D eigenvalue weighted by Gasteiger charge is 2.56. The molecule has 1 aromatic rings. The van der Waals surface area contributed by atoms with Crippen LogP contribution >= 0.6 is 0 Å². The van der Waals surface area contributed by atoms with Crippen LogP contribution < -0.4 is 10.1 Å². The second-order valence-electron chi connectivity index (χ2n) is 7.49. The van der Waals surface area contributed by atoms with Crippen molar-refractivity contribution >= 4 is 5.91 Å². The molecular formula is C20H24N2O2. The third-order valence-electron chi connectivity index (χ3n) is 6.03. The Morgan fingerprint density at radius 3 is 2.50 bits per heavy atom. The Morgan fingerprint density at radius 1 is 1.08 bits per heavy atom. The largest absolute Gasteiger partial charge is 0.489 e. The summed E-state index contributed by atoms with van der Waals surface area (Å²) >= 11 is 0. The van der Waals surface area contributed by atoms with Gasteiger partial charge in [-0.05, 0) is 62.5 Å². The summed E-state index contributed by atoms with van der Waals surface area (Å²) in [6, 6.07) is 9.87. The van der Waals surface area contributed by atoms with Gasteiger partial charge in [0.15, 0.2) is 0 Å². The minimum Gasteiger partial charge on any atom is -0.489 e. The van der Waals surface area contributed by atoms with Gasteiger partial charge in [-0.15, -0.1) is 0 Å². The van der Waals surface area contributed by atoms with Gasteiger partial charge in [-0.2, -0.15) is 5.26 Å². The fourth-order valence-corrected chi connectivity index (χ4v) is 4.67. The molecule has 3 aliphatic rings. The number of nitrogens with zero attached hydrogens (tertiary/aromatic N) is 1. The van der Waals surface area contributed by atoms with Gasteiger partial charge in [-0.25, -0.2) is 0 Å². The van der Waals surface area contributed by atoms with Crippen LogP contribution in [-0.2, 0) is 4.79 Å². The number of carbonyl (C=O) groups is 1. The molecule has 3 fully saturated rings. The number of fused-ring (bicyclic) bond motifs is 1. The summed E-state index contributed by atoms with van der Waals surface area (Å²) in [5, 5.41) is 12.4. The first-order chi connectivity index (χ1) is 11.8. The van der Waals surface area contributed by atoms with Gasteiger partial charge < -0.3 is 10.1 Å². The van der Waals surface area contributed by atoms with Crippen LogP contribution in [0.5, 0.6) is 5.75 Å². The van der Waals surface area contributed by atoms with Crippen LogP contribution in [0.15, 0.2) is 24.3 Å². The van der Waals surface area contributed by atoms with Crippen molar-refractivity contribution in [2.24, 2.45) is 17.8 Å². The van der Waals surface area contributed by atoms with Crippen molar-refractivity contribution in [3.63, 3.8) is 0 Å². The number of nitriles is 1. The van der Waals surface area contributed by atoms with E-state index < -0.39 is 0 Å². The van der Waals surface area contributed by atoms with Crippen LogP contribution in [0.3, 0.4) is 0 Å². The van der Waals surface area contributed by atoms with Gasteiger partial charge in [-0.1, -0.05) is 18.6 Å². The van der Waals surface area contributed by atoms with E-state index in [0.717, 1.165) is 25.7 Å². The van der Waals surface area contributed by atoms with Crippen molar-refractivity contribution in [1.29, 1.82) is 5.26 Å². The summed E-state index contributed by atoms with van der Waals surface area (Å²) in [7, 11) is 0. The lowest BCUT2D eigenvalue weighted by atomic mass is 9.92. The van der Waals surface area contributed by atoms with Crippen molar-refractivity contribution < 1.29 is 9.53 Å². The van der Waals surface area contributed by atoms with Crippen LogP contribution in [0.2, 0.25) is 0 Å². The number of hydrogen-bond donors (Lipinski definition) is 1. The maximum atomic E-state index is 12.4. The van der Waals surface area contributed by atoms with Gasteiger partial charge in [0.2, 0.25) is 5.91 Å². The van der Waals surface area contributed by atoms with Gasteiger partial charge in [-0.3, -0.25) is 4.79 Å². The Kier molecular flexibility index (Phi) is 4.18. The fourth-order valence-electron chi connectivity index (χ4n) is 4.67. The highest BCUT2D eigenvalue weighted by molar-refractivity contribution is 5.82. The average Bonchev–Trinajstić information content (AvgIpc) is 3.10. The van der Waals surface area contributed by atoms with Crippen LogP contribution in [0, 0.1) is 29.1 Å². The summed E-state index contributed by atoms with van der Waals surface area (Å²) < 4.78 is 6.02. The Labute approximate surface area is 143 Å². The van der Waals surface area contributed by atoms with Crippen molar-refractivity contribution in [1.82, 2.24) is 5.32 Å². The number of nitrogens with one attached hydrogen (secondary N) is 1. The number of rotatable bonds is 4. The van der Waals surface area contributed by atoms with Gasteiger partial charge in [0.05, 0.1) is 11.7 Å². The van der Waals surface area contributed by atoms with E-state index >= 15 is 0 Å². The molecular weight excluding hydrogens is 300 g/mol. The Balaban J connectivity index is 1.25. The molecule has 24 heavy (non-hydrogen) atoms. The van der Waals surface area contributed by atoms with Crippen molar-refractivity contribution in [2.45, 2.75) is 57.1 Å². The molecule has 0 aromatic heterocycles. The fraction of sp³-hybridized carbons (Fsp3) is 0.600. The third kappa shape index (κ3) is 3.00. The van der Waals surface area contributed by atoms with Crippen LogP contribution in [-0.4, -0.2) is 18.1 Å². The Morgan fingerprint density at radius 2 is 1.79 bits per heavy atom. The minimum atomic E-state index is 0.146. The predicted octanol–water partition coefficient (Wildman–Crippen LogP) is 3.41. The molecule has 0 bridgehead atoms. The normalized spacial score (nSPS) is 34.0. The molecule has 126 valence electrons. The first kappa shape index (κ1) is 15.5. The molecule has 1 N–H and O–H groups in total. The van der Waals surface area contributed by atoms with E-state index in [1.165, 1.54) is 19.3 Å². The lowest BCUT2D eigenvalue weighted by Crippen LogP contribution is -2.41. The van der Waals surface area contributed by atoms with Crippen LogP contribution in [0.25, 0.3) is 0 Å². The molecule has 1 aromatic carbocycles. The van der Waals surface area contributed by atoms with E-state index in [-0.39, 0.29) is 6.10 Å². The van der Waals surface area contributed by atoms with Gasteiger partial charge >= 0.3 is 0 Å². The van der Waals surface area contributed by atoms with Gasteiger partial charge in [0.25, 0.3) is 0 Å². The van der Waals surface area contributed by atoms with E-state index in [9.17, 15) is 4.79 Å². The number of benzene rings is 1. The second-order valence-corrected chi connectivity index (χ2v) is 7.49. The van der Waals surface area contributed by atoms with Crippen molar-refractivity contribution in [3.8, 4) is 11.8 Å². The number of hydrogen-bond acceptors (Lipinski definition) is 3. The van der Waals surface area contributed by atoms with E-state index in [1.807, 2.05) is 18.2 Å². The molecule has 0 heterocycles. The molecule has 0 saturated heterocycles. The molecule has 0 radical (unpaired) electrons. The topological polar surface area (TPSA) is 62.1 Å². The van der Waals surface area contributed by atoms with Crippen LogP contribution in [0.4, 0.5) is 0 Å². The van der Waals surface area contributed by atoms with E-state index in [1.54, 1.807) is 6.07 Å². The van der Waals surface area contributed by atoms with Crippen LogP contribution in [0.1, 0.15) is 50.5 Å². The molecule has 0 unspecified atom stereocenters. The monoisotopic (exact) mass is 324 g/mol. The first-order valence-electron chi connectivity index (χ1n) is 9.22. The molecule has 4 nitrogen and oxygen atoms in total. The number of ether oxygens (including phenoxy) is 1. The summed E-state index contributed by atoms with van der Waals surface area (Å²) in [6.07, 6.45) is 7.76. The number of carbonyl (C=O) groups excluding carboxylic acids is 1. The molecule has 3 saturated carbocycles. The molecule has 0 spiro atoms. The quantitative estimate of drug-likeness (QED) is 0.923. The molecule has 3 aliphatic carbocycles. The molecule has 0 aliphatic heterocycles. The number of amides is 1. The summed E-state index contributed by atoms with van der Waals surface area (Å²) in [4.78, 5) is 12.4. The number of para-hydroxylation sites is 1. The van der Waals surface area contributed by atoms with E-state index in [0.29, 0.717) is 41.0 Å². The maximum absolute atomic E-state index is 12.4. The lowest BCUT2D eigenvalue weighted by Gasteiger charge is -2.30. The SMILES string of the molecule is N#Cc1ccccc1OC1CCC(NC(=O)C2[C@H]3CCC[C@H]23)CC1. The third-order valence-corrected chi connectivity index (χ3v) is 6.03. The lowest BCUT2D eigenvalue weighted by molar-refractivity contribution is -0.124. The minimum absolute atomic E-state index is 0.146. The zero-order valence-corrected chi connectivity index (χ0v) is 13.9. The molecule has 4 heteroatoms. The van der Waals surface area contributed by atoms with Gasteiger partial charge in [0, 0.05) is 12.0 Å². The zero-order chi connectivity index (χ0) is 16.5. The van der Waals surface area contributed by atoms with E-state index in [4.69, 9.17) is 10.00 Å². The molecule has 4 rings (SSSR count). The first-order valence-corrected chi connectivity index (χ1v) is 9.22. The highest BCUT2D eigenvalue weighted by Crippen LogP contribution is 2.57. The van der Waals surface area contributed by atoms with Crippen molar-refractivity contribution in [3.05, 3.63) is 29.8 Å². The average molecular weight is 324 g/mol. The molecule has 2 atom stereocenters. The van der Waals surface area contributed by atoms with E-state index in [2.05, 4.69) is 11.4 Å². The summed E-state index contributed by atoms with van der Waals surface area (Å²) in [5.41, 5.74) is 0.591. The summed E-state index contributed by atoms with van der Waals surface area (Å²) in [5.74, 6) is 2.66. The smallest absolute Gasteiger partial charge is 0.223 e.